The lowest BCUT2D eigenvalue weighted by molar-refractivity contribution is 0.0595. The van der Waals surface area contributed by atoms with Gasteiger partial charge < -0.3 is 15.0 Å². The topological polar surface area (TPSA) is 41.6 Å². The first kappa shape index (κ1) is 15.9. The zero-order valence-corrected chi connectivity index (χ0v) is 12.7. The lowest BCUT2D eigenvalue weighted by Crippen LogP contribution is -2.34. The highest BCUT2D eigenvalue weighted by atomic mass is 19.1. The van der Waals surface area contributed by atoms with Crippen LogP contribution in [-0.4, -0.2) is 44.7 Å². The second kappa shape index (κ2) is 7.52. The van der Waals surface area contributed by atoms with Crippen LogP contribution in [0, 0.1) is 11.7 Å². The zero-order valence-electron chi connectivity index (χ0n) is 12.7. The van der Waals surface area contributed by atoms with Crippen LogP contribution in [0.15, 0.2) is 18.2 Å². The van der Waals surface area contributed by atoms with E-state index in [4.69, 9.17) is 0 Å². The van der Waals surface area contributed by atoms with Crippen molar-refractivity contribution < 1.29 is 13.9 Å². The van der Waals surface area contributed by atoms with Crippen LogP contribution in [-0.2, 0) is 11.3 Å². The number of ether oxygens (including phenoxy) is 1. The molecule has 0 bridgehead atoms. The van der Waals surface area contributed by atoms with Crippen LogP contribution in [0.5, 0.6) is 0 Å². The summed E-state index contributed by atoms with van der Waals surface area (Å²) in [6.07, 6.45) is 2.41. The smallest absolute Gasteiger partial charge is 0.340 e. The maximum absolute atomic E-state index is 13.8. The molecule has 0 spiro atoms. The van der Waals surface area contributed by atoms with Crippen molar-refractivity contribution in [2.75, 3.05) is 33.8 Å². The largest absolute Gasteiger partial charge is 0.465 e. The molecule has 0 atom stereocenters. The molecule has 0 amide bonds. The van der Waals surface area contributed by atoms with E-state index in [-0.39, 0.29) is 5.56 Å². The molecule has 1 heterocycles. The molecule has 5 heteroatoms. The Hall–Kier alpha value is -1.46. The van der Waals surface area contributed by atoms with Gasteiger partial charge in [-0.2, -0.15) is 0 Å². The van der Waals surface area contributed by atoms with E-state index in [0.29, 0.717) is 12.5 Å². The second-order valence-corrected chi connectivity index (χ2v) is 5.68. The molecule has 1 aliphatic rings. The molecule has 4 nitrogen and oxygen atoms in total. The minimum Gasteiger partial charge on any atom is -0.465 e. The van der Waals surface area contributed by atoms with Crippen LogP contribution in [0.2, 0.25) is 0 Å². The molecule has 0 radical (unpaired) electrons. The van der Waals surface area contributed by atoms with Gasteiger partial charge in [-0.1, -0.05) is 6.07 Å². The molecular formula is C16H23FN2O2. The average Bonchev–Trinajstić information content (AvgIpc) is 2.49. The number of nitrogens with zero attached hydrogens (tertiary/aromatic N) is 1. The number of methoxy groups -OCH3 is 1. The highest BCUT2D eigenvalue weighted by Gasteiger charge is 2.16. The normalized spacial score (nSPS) is 16.9. The van der Waals surface area contributed by atoms with E-state index in [9.17, 15) is 9.18 Å². The summed E-state index contributed by atoms with van der Waals surface area (Å²) in [5.41, 5.74) is 0.824. The van der Waals surface area contributed by atoms with Gasteiger partial charge in [-0.3, -0.25) is 0 Å². The monoisotopic (exact) mass is 294 g/mol. The number of nitrogens with one attached hydrogen (secondary N) is 1. The molecule has 0 aliphatic carbocycles. The first-order valence-electron chi connectivity index (χ1n) is 7.36. The van der Waals surface area contributed by atoms with Crippen LogP contribution in [0.4, 0.5) is 4.39 Å². The van der Waals surface area contributed by atoms with E-state index in [1.54, 1.807) is 6.07 Å². The van der Waals surface area contributed by atoms with Crippen LogP contribution in [0.3, 0.4) is 0 Å². The lowest BCUT2D eigenvalue weighted by atomic mass is 9.97. The second-order valence-electron chi connectivity index (χ2n) is 5.68. The summed E-state index contributed by atoms with van der Waals surface area (Å²) in [6.45, 7) is 3.86. The van der Waals surface area contributed by atoms with Crippen molar-refractivity contribution in [2.24, 2.45) is 5.92 Å². The number of hydrogen-bond acceptors (Lipinski definition) is 4. The number of esters is 1. The SMILES string of the molecule is COC(=O)c1ccc(CNCC2CCN(C)CC2)cc1F. The van der Waals surface area contributed by atoms with Crippen molar-refractivity contribution in [3.05, 3.63) is 35.1 Å². The van der Waals surface area contributed by atoms with Gasteiger partial charge in [0, 0.05) is 6.54 Å². The third-order valence-corrected chi connectivity index (χ3v) is 4.04. The van der Waals surface area contributed by atoms with E-state index >= 15 is 0 Å². The third-order valence-electron chi connectivity index (χ3n) is 4.04. The van der Waals surface area contributed by atoms with Crippen molar-refractivity contribution in [3.8, 4) is 0 Å². The summed E-state index contributed by atoms with van der Waals surface area (Å²) >= 11 is 0. The minimum absolute atomic E-state index is 0.0171. The molecule has 1 aromatic carbocycles. The van der Waals surface area contributed by atoms with E-state index in [1.165, 1.54) is 32.1 Å². The fourth-order valence-corrected chi connectivity index (χ4v) is 2.63. The molecule has 1 aliphatic heterocycles. The molecule has 0 saturated carbocycles. The Morgan fingerprint density at radius 1 is 1.43 bits per heavy atom. The average molecular weight is 294 g/mol. The van der Waals surface area contributed by atoms with Gasteiger partial charge >= 0.3 is 5.97 Å². The summed E-state index contributed by atoms with van der Waals surface area (Å²) in [6, 6.07) is 4.64. The van der Waals surface area contributed by atoms with Crippen LogP contribution < -0.4 is 5.32 Å². The Kier molecular flexibility index (Phi) is 5.70. The third kappa shape index (κ3) is 4.51. The highest BCUT2D eigenvalue weighted by molar-refractivity contribution is 5.89. The Balaban J connectivity index is 1.81. The van der Waals surface area contributed by atoms with Gasteiger partial charge in [0.1, 0.15) is 5.82 Å². The van der Waals surface area contributed by atoms with E-state index < -0.39 is 11.8 Å². The van der Waals surface area contributed by atoms with Crippen LogP contribution >= 0.6 is 0 Å². The van der Waals surface area contributed by atoms with Gasteiger partial charge in [0.05, 0.1) is 12.7 Å². The van der Waals surface area contributed by atoms with Gasteiger partial charge in [0.25, 0.3) is 0 Å². The number of halogens is 1. The minimum atomic E-state index is -0.640. The first-order chi connectivity index (χ1) is 10.1. The summed E-state index contributed by atoms with van der Waals surface area (Å²) in [4.78, 5) is 13.7. The van der Waals surface area contributed by atoms with Crippen LogP contribution in [0.1, 0.15) is 28.8 Å². The lowest BCUT2D eigenvalue weighted by Gasteiger charge is -2.29. The maximum atomic E-state index is 13.8. The molecular weight excluding hydrogens is 271 g/mol. The van der Waals surface area contributed by atoms with Crippen LogP contribution in [0.25, 0.3) is 0 Å². The van der Waals surface area contributed by atoms with Crippen molar-refractivity contribution >= 4 is 5.97 Å². The highest BCUT2D eigenvalue weighted by Crippen LogP contribution is 2.15. The summed E-state index contributed by atoms with van der Waals surface area (Å²) in [5, 5.41) is 3.37. The van der Waals surface area contributed by atoms with E-state index in [0.717, 1.165) is 25.2 Å². The predicted octanol–water partition coefficient (Wildman–Crippen LogP) is 2.04. The zero-order chi connectivity index (χ0) is 15.2. The number of rotatable bonds is 5. The standard InChI is InChI=1S/C16H23FN2O2/c1-19-7-5-12(6-8-19)10-18-11-13-3-4-14(15(17)9-13)16(20)21-2/h3-4,9,12,18H,5-8,10-11H2,1-2H3. The quantitative estimate of drug-likeness (QED) is 0.844. The van der Waals surface area contributed by atoms with E-state index in [2.05, 4.69) is 22.0 Å². The van der Waals surface area contributed by atoms with Crippen molar-refractivity contribution in [1.29, 1.82) is 0 Å². The number of likely N-dealkylation sites (tertiary alicyclic amines) is 1. The molecule has 21 heavy (non-hydrogen) atoms. The molecule has 0 unspecified atom stereocenters. The fourth-order valence-electron chi connectivity index (χ4n) is 2.63. The molecule has 1 N–H and O–H groups in total. The molecule has 116 valence electrons. The number of piperidine rings is 1. The number of hydrogen-bond donors (Lipinski definition) is 1. The van der Waals surface area contributed by atoms with Gasteiger partial charge in [-0.25, -0.2) is 9.18 Å². The molecule has 1 saturated heterocycles. The number of carbonyl (C=O) groups excluding carboxylic acids is 1. The van der Waals surface area contributed by atoms with Gasteiger partial charge in [0.2, 0.25) is 0 Å². The first-order valence-corrected chi connectivity index (χ1v) is 7.36. The Labute approximate surface area is 125 Å². The van der Waals surface area contributed by atoms with E-state index in [1.807, 2.05) is 0 Å². The summed E-state index contributed by atoms with van der Waals surface area (Å²) in [7, 11) is 3.40. The van der Waals surface area contributed by atoms with Crippen molar-refractivity contribution in [2.45, 2.75) is 19.4 Å². The summed E-state index contributed by atoms with van der Waals surface area (Å²) in [5.74, 6) is -0.473. The molecule has 2 rings (SSSR count). The van der Waals surface area contributed by atoms with Crippen molar-refractivity contribution in [1.82, 2.24) is 10.2 Å². The molecule has 1 fully saturated rings. The van der Waals surface area contributed by atoms with Gasteiger partial charge in [-0.15, -0.1) is 0 Å². The Morgan fingerprint density at radius 2 is 2.14 bits per heavy atom. The Bertz CT molecular complexity index is 485. The number of carbonyl (C=O) groups is 1. The molecule has 0 aromatic heterocycles. The molecule has 1 aromatic rings. The van der Waals surface area contributed by atoms with Gasteiger partial charge in [0.15, 0.2) is 0 Å². The predicted molar refractivity (Wildman–Crippen MR) is 79.7 cm³/mol. The summed E-state index contributed by atoms with van der Waals surface area (Å²) < 4.78 is 18.3. The van der Waals surface area contributed by atoms with Crippen molar-refractivity contribution in [3.63, 3.8) is 0 Å². The fraction of sp³-hybridized carbons (Fsp3) is 0.562. The van der Waals surface area contributed by atoms with Gasteiger partial charge in [-0.05, 0) is 63.1 Å². The Morgan fingerprint density at radius 3 is 2.76 bits per heavy atom. The maximum Gasteiger partial charge on any atom is 0.340 e. The number of benzene rings is 1.